The summed E-state index contributed by atoms with van der Waals surface area (Å²) in [6.07, 6.45) is -1.46. The molecule has 0 radical (unpaired) electrons. The van der Waals surface area contributed by atoms with Crippen molar-refractivity contribution >= 4 is 10.9 Å². The zero-order valence-electron chi connectivity index (χ0n) is 19.5. The van der Waals surface area contributed by atoms with Crippen LogP contribution in [-0.2, 0) is 23.4 Å². The van der Waals surface area contributed by atoms with Gasteiger partial charge in [-0.1, -0.05) is 12.1 Å². The summed E-state index contributed by atoms with van der Waals surface area (Å²) in [6.45, 7) is 5.74. The van der Waals surface area contributed by atoms with Gasteiger partial charge in [-0.3, -0.25) is 0 Å². The molecule has 0 bridgehead atoms. The third-order valence-electron chi connectivity index (χ3n) is 7.08. The topological polar surface area (TPSA) is 17.4 Å². The van der Waals surface area contributed by atoms with Crippen LogP contribution in [0.25, 0.3) is 10.9 Å². The van der Waals surface area contributed by atoms with Crippen molar-refractivity contribution in [2.45, 2.75) is 44.4 Å². The van der Waals surface area contributed by atoms with Crippen LogP contribution in [0.1, 0.15) is 48.1 Å². The van der Waals surface area contributed by atoms with Crippen molar-refractivity contribution in [3.63, 3.8) is 0 Å². The number of fused-ring (bicyclic) bond motifs is 1. The van der Waals surface area contributed by atoms with Crippen LogP contribution in [0, 0.1) is 12.7 Å². The highest BCUT2D eigenvalue weighted by Crippen LogP contribution is 2.40. The predicted octanol–water partition coefficient (Wildman–Crippen LogP) is 6.39. The smallest absolute Gasteiger partial charge is 0.373 e. The van der Waals surface area contributed by atoms with Gasteiger partial charge in [0.15, 0.2) is 0 Å². The highest BCUT2D eigenvalue weighted by Gasteiger charge is 2.37. The largest absolute Gasteiger partial charge is 0.416 e. The number of likely N-dealkylation sites (tertiary alicyclic amines) is 1. The lowest BCUT2D eigenvalue weighted by molar-refractivity contribution is -0.137. The molecular formula is C26H30F4N2O. The molecule has 0 amide bonds. The molecule has 1 fully saturated rings. The van der Waals surface area contributed by atoms with Crippen LogP contribution >= 0.6 is 0 Å². The summed E-state index contributed by atoms with van der Waals surface area (Å²) in [5, 5.41) is 0.588. The van der Waals surface area contributed by atoms with Crippen molar-refractivity contribution in [3.05, 3.63) is 70.7 Å². The Balaban J connectivity index is 1.68. The summed E-state index contributed by atoms with van der Waals surface area (Å²) in [5.41, 5.74) is 2.12. The first kappa shape index (κ1) is 23.8. The Morgan fingerprint density at radius 3 is 2.30 bits per heavy atom. The Labute approximate surface area is 191 Å². The lowest BCUT2D eigenvalue weighted by Crippen LogP contribution is -2.44. The number of benzene rings is 2. The maximum atomic E-state index is 13.6. The van der Waals surface area contributed by atoms with Gasteiger partial charge >= 0.3 is 6.18 Å². The Hall–Kier alpha value is -2.38. The fourth-order valence-electron chi connectivity index (χ4n) is 4.99. The molecule has 2 aromatic carbocycles. The number of aromatic nitrogens is 1. The van der Waals surface area contributed by atoms with Crippen molar-refractivity contribution in [2.75, 3.05) is 26.7 Å². The first-order valence-electron chi connectivity index (χ1n) is 11.2. The SMILES string of the molecule is Cc1cn(C)c2c(C(C)OCC3(c4ccc(F)cc4)CCN(C)CC3)cc(C(F)(F)F)cc12. The molecule has 1 aromatic heterocycles. The molecule has 178 valence electrons. The second kappa shape index (κ2) is 8.76. The van der Waals surface area contributed by atoms with Crippen molar-refractivity contribution in [1.29, 1.82) is 0 Å². The van der Waals surface area contributed by atoms with E-state index in [2.05, 4.69) is 11.9 Å². The van der Waals surface area contributed by atoms with Gasteiger partial charge < -0.3 is 14.2 Å². The molecule has 2 heterocycles. The Morgan fingerprint density at radius 1 is 1.06 bits per heavy atom. The molecule has 1 aliphatic rings. The van der Waals surface area contributed by atoms with E-state index < -0.39 is 17.8 Å². The predicted molar refractivity (Wildman–Crippen MR) is 122 cm³/mol. The van der Waals surface area contributed by atoms with Crippen molar-refractivity contribution in [3.8, 4) is 0 Å². The summed E-state index contributed by atoms with van der Waals surface area (Å²) < 4.78 is 62.7. The minimum absolute atomic E-state index is 0.290. The number of hydrogen-bond donors (Lipinski definition) is 0. The number of halogens is 4. The molecule has 1 aliphatic heterocycles. The number of aryl methyl sites for hydroxylation is 2. The normalized spacial score (nSPS) is 18.1. The molecule has 1 saturated heterocycles. The second-order valence-electron chi connectivity index (χ2n) is 9.43. The highest BCUT2D eigenvalue weighted by atomic mass is 19.4. The van der Waals surface area contributed by atoms with Gasteiger partial charge in [-0.25, -0.2) is 4.39 Å². The highest BCUT2D eigenvalue weighted by molar-refractivity contribution is 5.88. The number of ether oxygens (including phenoxy) is 1. The molecule has 0 N–H and O–H groups in total. The Kier molecular flexibility index (Phi) is 6.31. The average Bonchev–Trinajstić information content (AvgIpc) is 3.06. The van der Waals surface area contributed by atoms with E-state index >= 15 is 0 Å². The zero-order valence-corrected chi connectivity index (χ0v) is 19.5. The average molecular weight is 463 g/mol. The lowest BCUT2D eigenvalue weighted by Gasteiger charge is -2.41. The van der Waals surface area contributed by atoms with Gasteiger partial charge in [0.25, 0.3) is 0 Å². The van der Waals surface area contributed by atoms with Crippen LogP contribution in [0.2, 0.25) is 0 Å². The van der Waals surface area contributed by atoms with Gasteiger partial charge in [0, 0.05) is 29.6 Å². The van der Waals surface area contributed by atoms with Crippen LogP contribution in [-0.4, -0.2) is 36.2 Å². The quantitative estimate of drug-likeness (QED) is 0.409. The van der Waals surface area contributed by atoms with E-state index in [9.17, 15) is 17.6 Å². The lowest BCUT2D eigenvalue weighted by atomic mass is 9.73. The van der Waals surface area contributed by atoms with Gasteiger partial charge in [-0.05, 0) is 82.2 Å². The summed E-state index contributed by atoms with van der Waals surface area (Å²) in [6, 6.07) is 8.96. The van der Waals surface area contributed by atoms with Crippen LogP contribution in [0.15, 0.2) is 42.6 Å². The molecule has 0 saturated carbocycles. The van der Waals surface area contributed by atoms with Crippen molar-refractivity contribution in [1.82, 2.24) is 9.47 Å². The molecule has 0 spiro atoms. The molecule has 3 nitrogen and oxygen atoms in total. The fraction of sp³-hybridized carbons (Fsp3) is 0.462. The molecule has 33 heavy (non-hydrogen) atoms. The third kappa shape index (κ3) is 4.66. The minimum atomic E-state index is -4.44. The molecular weight excluding hydrogens is 432 g/mol. The van der Waals surface area contributed by atoms with E-state index in [0.717, 1.165) is 42.6 Å². The number of rotatable bonds is 5. The first-order valence-corrected chi connectivity index (χ1v) is 11.2. The Bertz CT molecular complexity index is 1130. The summed E-state index contributed by atoms with van der Waals surface area (Å²) in [5.74, 6) is -0.290. The van der Waals surface area contributed by atoms with Crippen LogP contribution < -0.4 is 0 Å². The van der Waals surface area contributed by atoms with Crippen molar-refractivity contribution in [2.24, 2.45) is 7.05 Å². The van der Waals surface area contributed by atoms with Crippen molar-refractivity contribution < 1.29 is 22.3 Å². The maximum Gasteiger partial charge on any atom is 0.416 e. The van der Waals surface area contributed by atoms with E-state index in [1.54, 1.807) is 12.1 Å². The molecule has 1 atom stereocenters. The molecule has 3 aromatic rings. The summed E-state index contributed by atoms with van der Waals surface area (Å²) >= 11 is 0. The third-order valence-corrected chi connectivity index (χ3v) is 7.08. The summed E-state index contributed by atoms with van der Waals surface area (Å²) in [7, 11) is 3.91. The molecule has 0 aliphatic carbocycles. The van der Waals surface area contributed by atoms with Gasteiger partial charge in [0.2, 0.25) is 0 Å². The molecule has 4 rings (SSSR count). The number of piperidine rings is 1. The molecule has 7 heteroatoms. The van der Waals surface area contributed by atoms with Crippen LogP contribution in [0.5, 0.6) is 0 Å². The Morgan fingerprint density at radius 2 is 1.70 bits per heavy atom. The molecule has 1 unspecified atom stereocenters. The van der Waals surface area contributed by atoms with Crippen LogP contribution in [0.4, 0.5) is 17.6 Å². The van der Waals surface area contributed by atoms with Crippen LogP contribution in [0.3, 0.4) is 0 Å². The first-order chi connectivity index (χ1) is 15.5. The minimum Gasteiger partial charge on any atom is -0.373 e. The van der Waals surface area contributed by atoms with E-state index in [1.807, 2.05) is 31.7 Å². The number of hydrogen-bond acceptors (Lipinski definition) is 2. The number of alkyl halides is 3. The van der Waals surface area contributed by atoms with E-state index in [-0.39, 0.29) is 11.2 Å². The van der Waals surface area contributed by atoms with E-state index in [1.165, 1.54) is 24.3 Å². The van der Waals surface area contributed by atoms with E-state index in [0.29, 0.717) is 17.6 Å². The van der Waals surface area contributed by atoms with Gasteiger partial charge in [0.05, 0.1) is 23.8 Å². The van der Waals surface area contributed by atoms with Gasteiger partial charge in [0.1, 0.15) is 5.82 Å². The van der Waals surface area contributed by atoms with Gasteiger partial charge in [-0.2, -0.15) is 13.2 Å². The van der Waals surface area contributed by atoms with E-state index in [4.69, 9.17) is 4.74 Å². The zero-order chi connectivity index (χ0) is 24.0. The monoisotopic (exact) mass is 462 g/mol. The second-order valence-corrected chi connectivity index (χ2v) is 9.43. The standard InChI is InChI=1S/C26H30F4N2O/c1-17-15-32(4)24-22(17)13-20(26(28,29)30)14-23(24)18(2)33-16-25(9-11-31(3)12-10-25)19-5-7-21(27)8-6-19/h5-8,13-15,18H,9-12,16H2,1-4H3. The van der Waals surface area contributed by atoms with Gasteiger partial charge in [-0.15, -0.1) is 0 Å². The fourth-order valence-corrected chi connectivity index (χ4v) is 4.99. The maximum absolute atomic E-state index is 13.6. The summed E-state index contributed by atoms with van der Waals surface area (Å²) in [4.78, 5) is 2.24. The number of nitrogens with zero attached hydrogens (tertiary/aromatic N) is 2.